The van der Waals surface area contributed by atoms with Gasteiger partial charge in [-0.2, -0.15) is 5.10 Å². The van der Waals surface area contributed by atoms with Crippen LogP contribution in [0.3, 0.4) is 0 Å². The number of amides is 1. The lowest BCUT2D eigenvalue weighted by Gasteiger charge is -2.17. The molecule has 0 unspecified atom stereocenters. The van der Waals surface area contributed by atoms with Crippen LogP contribution >= 0.6 is 0 Å². The summed E-state index contributed by atoms with van der Waals surface area (Å²) in [6.07, 6.45) is 2.92. The van der Waals surface area contributed by atoms with Crippen molar-refractivity contribution < 1.29 is 4.79 Å². The maximum absolute atomic E-state index is 11.6. The first-order chi connectivity index (χ1) is 9.81. The lowest BCUT2D eigenvalue weighted by atomic mass is 10.2. The molecule has 104 valence electrons. The number of carbonyl (C=O) groups is 1. The van der Waals surface area contributed by atoms with Gasteiger partial charge in [0.15, 0.2) is 5.82 Å². The van der Waals surface area contributed by atoms with E-state index >= 15 is 0 Å². The molecule has 3 rings (SSSR count). The van der Waals surface area contributed by atoms with E-state index in [1.807, 2.05) is 40.0 Å². The predicted molar refractivity (Wildman–Crippen MR) is 77.6 cm³/mol. The Hall–Kier alpha value is -2.30. The zero-order valence-electron chi connectivity index (χ0n) is 11.3. The van der Waals surface area contributed by atoms with Crippen molar-refractivity contribution in [1.82, 2.24) is 15.1 Å². The van der Waals surface area contributed by atoms with Crippen molar-refractivity contribution in [2.24, 2.45) is 0 Å². The molecule has 2 heterocycles. The molecular weight excluding hydrogens is 252 g/mol. The largest absolute Gasteiger partial charge is 0.354 e. The molecule has 0 spiro atoms. The maximum atomic E-state index is 11.6. The minimum Gasteiger partial charge on any atom is -0.354 e. The van der Waals surface area contributed by atoms with Gasteiger partial charge in [0.05, 0.1) is 13.1 Å². The zero-order valence-corrected chi connectivity index (χ0v) is 11.3. The van der Waals surface area contributed by atoms with Crippen molar-refractivity contribution in [3.05, 3.63) is 48.2 Å². The van der Waals surface area contributed by atoms with E-state index in [4.69, 9.17) is 0 Å². The third-order valence-electron chi connectivity index (χ3n) is 3.40. The van der Waals surface area contributed by atoms with E-state index in [-0.39, 0.29) is 5.91 Å². The van der Waals surface area contributed by atoms with Gasteiger partial charge < -0.3 is 10.2 Å². The molecule has 1 aliphatic rings. The van der Waals surface area contributed by atoms with Crippen LogP contribution in [0, 0.1) is 0 Å². The quantitative estimate of drug-likeness (QED) is 0.913. The Bertz CT molecular complexity index is 579. The normalized spacial score (nSPS) is 15.8. The Morgan fingerprint density at radius 1 is 1.20 bits per heavy atom. The highest BCUT2D eigenvalue weighted by Gasteiger charge is 2.16. The number of nitrogens with zero attached hydrogens (tertiary/aromatic N) is 3. The first-order valence-corrected chi connectivity index (χ1v) is 6.90. The van der Waals surface area contributed by atoms with E-state index in [2.05, 4.69) is 22.5 Å². The fourth-order valence-electron chi connectivity index (χ4n) is 2.38. The Morgan fingerprint density at radius 2 is 2.05 bits per heavy atom. The summed E-state index contributed by atoms with van der Waals surface area (Å²) in [4.78, 5) is 13.6. The van der Waals surface area contributed by atoms with Gasteiger partial charge in [-0.15, -0.1) is 0 Å². The van der Waals surface area contributed by atoms with Gasteiger partial charge in [0.1, 0.15) is 0 Å². The number of rotatable bonds is 3. The van der Waals surface area contributed by atoms with Crippen molar-refractivity contribution in [3.63, 3.8) is 0 Å². The van der Waals surface area contributed by atoms with Gasteiger partial charge in [0.2, 0.25) is 5.91 Å². The van der Waals surface area contributed by atoms with Crippen molar-refractivity contribution in [1.29, 1.82) is 0 Å². The number of hydrogen-bond acceptors (Lipinski definition) is 3. The molecule has 0 aliphatic carbocycles. The summed E-state index contributed by atoms with van der Waals surface area (Å²) in [5.74, 6) is 0.943. The van der Waals surface area contributed by atoms with Crippen LogP contribution in [0.1, 0.15) is 12.0 Å². The van der Waals surface area contributed by atoms with Crippen LogP contribution in [0.15, 0.2) is 42.6 Å². The molecule has 1 aromatic heterocycles. The summed E-state index contributed by atoms with van der Waals surface area (Å²) in [5, 5.41) is 7.44. The second kappa shape index (κ2) is 5.77. The first-order valence-electron chi connectivity index (χ1n) is 6.90. The summed E-state index contributed by atoms with van der Waals surface area (Å²) in [7, 11) is 0. The topological polar surface area (TPSA) is 50.2 Å². The Balaban J connectivity index is 1.71. The van der Waals surface area contributed by atoms with Crippen LogP contribution in [0.4, 0.5) is 5.82 Å². The summed E-state index contributed by atoms with van der Waals surface area (Å²) >= 11 is 0. The van der Waals surface area contributed by atoms with Crippen molar-refractivity contribution in [2.45, 2.75) is 13.0 Å². The first kappa shape index (κ1) is 12.7. The number of carbonyl (C=O) groups excluding carboxylic acids is 1. The fourth-order valence-corrected chi connectivity index (χ4v) is 2.38. The maximum Gasteiger partial charge on any atom is 0.239 e. The van der Waals surface area contributed by atoms with Gasteiger partial charge in [0.25, 0.3) is 0 Å². The highest BCUT2D eigenvalue weighted by molar-refractivity contribution is 5.81. The summed E-state index contributed by atoms with van der Waals surface area (Å²) in [5.41, 5.74) is 1.22. The van der Waals surface area contributed by atoms with E-state index in [1.165, 1.54) is 5.56 Å². The molecule has 1 saturated heterocycles. The minimum absolute atomic E-state index is 0.0695. The molecular formula is C15H18N4O. The van der Waals surface area contributed by atoms with Gasteiger partial charge in [-0.3, -0.25) is 9.48 Å². The number of hydrogen-bond donors (Lipinski definition) is 1. The molecule has 0 atom stereocenters. The zero-order chi connectivity index (χ0) is 13.8. The molecule has 1 N–H and O–H groups in total. The summed E-state index contributed by atoms with van der Waals surface area (Å²) in [6, 6.07) is 12.2. The average molecular weight is 270 g/mol. The molecule has 0 radical (unpaired) electrons. The number of benzene rings is 1. The number of anilines is 1. The van der Waals surface area contributed by atoms with Crippen molar-refractivity contribution >= 4 is 11.7 Å². The van der Waals surface area contributed by atoms with Crippen LogP contribution in [0.25, 0.3) is 0 Å². The Kier molecular flexibility index (Phi) is 3.67. The second-order valence-corrected chi connectivity index (χ2v) is 4.98. The molecule has 1 fully saturated rings. The van der Waals surface area contributed by atoms with Gasteiger partial charge in [-0.1, -0.05) is 30.3 Å². The molecule has 0 saturated carbocycles. The fraction of sp³-hybridized carbons (Fsp3) is 0.333. The van der Waals surface area contributed by atoms with E-state index < -0.39 is 0 Å². The lowest BCUT2D eigenvalue weighted by molar-refractivity contribution is -0.119. The van der Waals surface area contributed by atoms with Crippen LogP contribution < -0.4 is 10.2 Å². The molecule has 5 nitrogen and oxygen atoms in total. The molecule has 0 bridgehead atoms. The highest BCUT2D eigenvalue weighted by Crippen LogP contribution is 2.13. The monoisotopic (exact) mass is 270 g/mol. The molecule has 1 aliphatic heterocycles. The smallest absolute Gasteiger partial charge is 0.239 e. The van der Waals surface area contributed by atoms with E-state index in [9.17, 15) is 4.79 Å². The Labute approximate surface area is 118 Å². The molecule has 1 aromatic carbocycles. The number of aromatic nitrogens is 2. The molecule has 1 amide bonds. The third-order valence-corrected chi connectivity index (χ3v) is 3.40. The van der Waals surface area contributed by atoms with Gasteiger partial charge >= 0.3 is 0 Å². The lowest BCUT2D eigenvalue weighted by Crippen LogP contribution is -2.33. The predicted octanol–water partition coefficient (Wildman–Crippen LogP) is 1.26. The van der Waals surface area contributed by atoms with Crippen molar-refractivity contribution in [3.8, 4) is 0 Å². The van der Waals surface area contributed by atoms with Crippen LogP contribution in [0.2, 0.25) is 0 Å². The number of nitrogens with one attached hydrogen (secondary N) is 1. The third kappa shape index (κ3) is 2.99. The highest BCUT2D eigenvalue weighted by atomic mass is 16.2. The SMILES string of the molecule is O=C1CN(c2ccn(Cc3ccccc3)n2)CCCN1. The Morgan fingerprint density at radius 3 is 2.90 bits per heavy atom. The summed E-state index contributed by atoms with van der Waals surface area (Å²) < 4.78 is 1.91. The minimum atomic E-state index is 0.0695. The average Bonchev–Trinajstić information content (AvgIpc) is 2.81. The molecule has 2 aromatic rings. The van der Waals surface area contributed by atoms with E-state index in [0.29, 0.717) is 6.54 Å². The van der Waals surface area contributed by atoms with Crippen molar-refractivity contribution in [2.75, 3.05) is 24.5 Å². The van der Waals surface area contributed by atoms with Crippen LogP contribution in [-0.2, 0) is 11.3 Å². The van der Waals surface area contributed by atoms with Gasteiger partial charge in [-0.05, 0) is 12.0 Å². The van der Waals surface area contributed by atoms with E-state index in [1.54, 1.807) is 0 Å². The van der Waals surface area contributed by atoms with Crippen LogP contribution in [-0.4, -0.2) is 35.3 Å². The summed E-state index contributed by atoms with van der Waals surface area (Å²) in [6.45, 7) is 2.75. The molecule has 5 heteroatoms. The second-order valence-electron chi connectivity index (χ2n) is 4.98. The van der Waals surface area contributed by atoms with Gasteiger partial charge in [-0.25, -0.2) is 0 Å². The van der Waals surface area contributed by atoms with E-state index in [0.717, 1.165) is 31.9 Å². The van der Waals surface area contributed by atoms with Gasteiger partial charge in [0, 0.05) is 25.4 Å². The molecule has 20 heavy (non-hydrogen) atoms. The van der Waals surface area contributed by atoms with Crippen LogP contribution in [0.5, 0.6) is 0 Å². The standard InChI is InChI=1S/C15H18N4O/c20-15-12-18(9-4-8-16-15)14-7-10-19(17-14)11-13-5-2-1-3-6-13/h1-3,5-7,10H,4,8-9,11-12H2,(H,16,20).